The predicted molar refractivity (Wildman–Crippen MR) is 117 cm³/mol. The first-order valence-electron chi connectivity index (χ1n) is 10.3. The van der Waals surface area contributed by atoms with Crippen LogP contribution in [0, 0.1) is 6.92 Å². The maximum absolute atomic E-state index is 12.9. The number of piperazine rings is 1. The van der Waals surface area contributed by atoms with Crippen molar-refractivity contribution in [2.24, 2.45) is 0 Å². The maximum Gasteiger partial charge on any atom is 0.295 e. The molecule has 0 bridgehead atoms. The van der Waals surface area contributed by atoms with Gasteiger partial charge in [-0.2, -0.15) is 5.10 Å². The third-order valence-electron chi connectivity index (χ3n) is 5.67. The van der Waals surface area contributed by atoms with E-state index in [-0.39, 0.29) is 11.9 Å². The summed E-state index contributed by atoms with van der Waals surface area (Å²) >= 11 is 0. The van der Waals surface area contributed by atoms with Crippen molar-refractivity contribution in [2.75, 3.05) is 19.6 Å². The number of H-pyrrole nitrogens is 1. The smallest absolute Gasteiger partial charge is 0.295 e. The van der Waals surface area contributed by atoms with Gasteiger partial charge in [0.1, 0.15) is 0 Å². The largest absolute Gasteiger partial charge is 0.335 e. The van der Waals surface area contributed by atoms with Gasteiger partial charge in [0.05, 0.1) is 5.69 Å². The number of nitrogens with zero attached hydrogens (tertiary/aromatic N) is 3. The fourth-order valence-corrected chi connectivity index (χ4v) is 3.97. The Labute approximate surface area is 180 Å². The SMILES string of the molecule is Cc1cc(C(=O)C(=O)N2CCN(C(=O)c3ccccc3)C[C@H]2C)ccc1-c1ccn[nH]1. The highest BCUT2D eigenvalue weighted by molar-refractivity contribution is 6.42. The molecule has 1 atom stereocenters. The Balaban J connectivity index is 1.44. The molecule has 0 radical (unpaired) electrons. The molecule has 1 aromatic heterocycles. The van der Waals surface area contributed by atoms with Gasteiger partial charge in [-0.05, 0) is 43.7 Å². The molecule has 3 aromatic rings. The molecule has 1 N–H and O–H groups in total. The van der Waals surface area contributed by atoms with E-state index < -0.39 is 11.7 Å². The van der Waals surface area contributed by atoms with Gasteiger partial charge in [0.2, 0.25) is 5.78 Å². The Morgan fingerprint density at radius 3 is 2.42 bits per heavy atom. The number of hydrogen-bond donors (Lipinski definition) is 1. The molecule has 0 aliphatic carbocycles. The number of ketones is 1. The van der Waals surface area contributed by atoms with Gasteiger partial charge in [-0.1, -0.05) is 30.3 Å². The number of aromatic nitrogens is 2. The van der Waals surface area contributed by atoms with Crippen LogP contribution in [-0.2, 0) is 4.79 Å². The number of aryl methyl sites for hydroxylation is 1. The van der Waals surface area contributed by atoms with Gasteiger partial charge in [0, 0.05) is 48.6 Å². The molecule has 0 spiro atoms. The maximum atomic E-state index is 12.9. The van der Waals surface area contributed by atoms with Gasteiger partial charge in [-0.25, -0.2) is 0 Å². The van der Waals surface area contributed by atoms with Crippen molar-refractivity contribution in [3.63, 3.8) is 0 Å². The molecular formula is C24H24N4O3. The highest BCUT2D eigenvalue weighted by Crippen LogP contribution is 2.23. The van der Waals surface area contributed by atoms with Crippen LogP contribution in [-0.4, -0.2) is 63.3 Å². The highest BCUT2D eigenvalue weighted by Gasteiger charge is 2.33. The van der Waals surface area contributed by atoms with Gasteiger partial charge < -0.3 is 9.80 Å². The summed E-state index contributed by atoms with van der Waals surface area (Å²) in [5.41, 5.74) is 3.66. The Bertz CT molecular complexity index is 1110. The number of benzene rings is 2. The van der Waals surface area contributed by atoms with Crippen molar-refractivity contribution in [3.05, 3.63) is 77.5 Å². The highest BCUT2D eigenvalue weighted by atomic mass is 16.2. The molecule has 31 heavy (non-hydrogen) atoms. The van der Waals surface area contributed by atoms with E-state index in [1.54, 1.807) is 40.3 Å². The number of aromatic amines is 1. The number of Topliss-reactive ketones (excluding diaryl/α,β-unsaturated/α-hetero) is 1. The summed E-state index contributed by atoms with van der Waals surface area (Å²) in [5, 5.41) is 6.86. The number of rotatable bonds is 4. The first-order chi connectivity index (χ1) is 15.0. The molecule has 1 aliphatic heterocycles. The zero-order valence-electron chi connectivity index (χ0n) is 17.5. The van der Waals surface area contributed by atoms with Gasteiger partial charge in [-0.3, -0.25) is 19.5 Å². The van der Waals surface area contributed by atoms with Crippen LogP contribution >= 0.6 is 0 Å². The molecule has 1 saturated heterocycles. The molecule has 0 saturated carbocycles. The van der Waals surface area contributed by atoms with Crippen LogP contribution in [0.3, 0.4) is 0 Å². The Kier molecular flexibility index (Phi) is 5.66. The average Bonchev–Trinajstić information content (AvgIpc) is 3.32. The molecule has 1 aliphatic rings. The van der Waals surface area contributed by atoms with Crippen LogP contribution in [0.5, 0.6) is 0 Å². The van der Waals surface area contributed by atoms with Gasteiger partial charge in [0.15, 0.2) is 0 Å². The molecule has 158 valence electrons. The molecule has 0 unspecified atom stereocenters. The second kappa shape index (κ2) is 8.55. The zero-order chi connectivity index (χ0) is 22.0. The first-order valence-corrected chi connectivity index (χ1v) is 10.3. The molecule has 1 fully saturated rings. The summed E-state index contributed by atoms with van der Waals surface area (Å²) in [4.78, 5) is 41.8. The lowest BCUT2D eigenvalue weighted by atomic mass is 9.99. The summed E-state index contributed by atoms with van der Waals surface area (Å²) in [6.45, 7) is 4.88. The fourth-order valence-electron chi connectivity index (χ4n) is 3.97. The first kappa shape index (κ1) is 20.5. The monoisotopic (exact) mass is 416 g/mol. The molecule has 7 nitrogen and oxygen atoms in total. The summed E-state index contributed by atoms with van der Waals surface area (Å²) in [6, 6.07) is 15.9. The fraction of sp³-hybridized carbons (Fsp3) is 0.250. The third kappa shape index (κ3) is 4.12. The summed E-state index contributed by atoms with van der Waals surface area (Å²) in [5.74, 6) is -1.13. The second-order valence-corrected chi connectivity index (χ2v) is 7.79. The van der Waals surface area contributed by atoms with E-state index in [1.807, 2.05) is 44.2 Å². The second-order valence-electron chi connectivity index (χ2n) is 7.79. The minimum atomic E-state index is -0.534. The molecule has 4 rings (SSSR count). The Morgan fingerprint density at radius 2 is 1.77 bits per heavy atom. The predicted octanol–water partition coefficient (Wildman–Crippen LogP) is 2.94. The van der Waals surface area contributed by atoms with E-state index >= 15 is 0 Å². The molecule has 7 heteroatoms. The number of carbonyl (C=O) groups excluding carboxylic acids is 3. The minimum Gasteiger partial charge on any atom is -0.335 e. The quantitative estimate of drug-likeness (QED) is 0.523. The lowest BCUT2D eigenvalue weighted by Gasteiger charge is -2.39. The lowest BCUT2D eigenvalue weighted by Crippen LogP contribution is -2.56. The van der Waals surface area contributed by atoms with Crippen molar-refractivity contribution in [2.45, 2.75) is 19.9 Å². The third-order valence-corrected chi connectivity index (χ3v) is 5.67. The van der Waals surface area contributed by atoms with Gasteiger partial charge in [0.25, 0.3) is 11.8 Å². The van der Waals surface area contributed by atoms with Crippen molar-refractivity contribution >= 4 is 17.6 Å². The lowest BCUT2D eigenvalue weighted by molar-refractivity contribution is -0.130. The van der Waals surface area contributed by atoms with Crippen molar-refractivity contribution in [3.8, 4) is 11.3 Å². The van der Waals surface area contributed by atoms with Gasteiger partial charge >= 0.3 is 0 Å². The van der Waals surface area contributed by atoms with Crippen LogP contribution in [0.15, 0.2) is 60.8 Å². The van der Waals surface area contributed by atoms with E-state index in [2.05, 4.69) is 10.2 Å². The van der Waals surface area contributed by atoms with Gasteiger partial charge in [-0.15, -0.1) is 0 Å². The van der Waals surface area contributed by atoms with Crippen molar-refractivity contribution in [1.29, 1.82) is 0 Å². The van der Waals surface area contributed by atoms with Crippen molar-refractivity contribution < 1.29 is 14.4 Å². The minimum absolute atomic E-state index is 0.0594. The van der Waals surface area contributed by atoms with Crippen LogP contribution in [0.25, 0.3) is 11.3 Å². The number of carbonyl (C=O) groups is 3. The standard InChI is InChI=1S/C24H24N4O3/c1-16-14-19(8-9-20(16)21-10-11-25-26-21)22(29)24(31)28-13-12-27(15-17(28)2)23(30)18-6-4-3-5-7-18/h3-11,14,17H,12-13,15H2,1-2H3,(H,25,26)/t17-/m1/s1. The topological polar surface area (TPSA) is 86.4 Å². The van der Waals surface area contributed by atoms with Crippen LogP contribution in [0.1, 0.15) is 33.2 Å². The summed E-state index contributed by atoms with van der Waals surface area (Å²) in [7, 11) is 0. The van der Waals surface area contributed by atoms with E-state index in [0.717, 1.165) is 16.8 Å². The Morgan fingerprint density at radius 1 is 1.00 bits per heavy atom. The van der Waals surface area contributed by atoms with Crippen molar-refractivity contribution in [1.82, 2.24) is 20.0 Å². The number of nitrogens with one attached hydrogen (secondary N) is 1. The molecule has 2 heterocycles. The van der Waals surface area contributed by atoms with E-state index in [4.69, 9.17) is 0 Å². The van der Waals surface area contributed by atoms with E-state index in [9.17, 15) is 14.4 Å². The molecule has 2 amide bonds. The average molecular weight is 416 g/mol. The van der Waals surface area contributed by atoms with Crippen LogP contribution < -0.4 is 0 Å². The zero-order valence-corrected chi connectivity index (χ0v) is 17.5. The van der Waals surface area contributed by atoms with Crippen LogP contribution in [0.2, 0.25) is 0 Å². The van der Waals surface area contributed by atoms with E-state index in [0.29, 0.717) is 30.8 Å². The Hall–Kier alpha value is -3.74. The molecular weight excluding hydrogens is 392 g/mol. The summed E-state index contributed by atoms with van der Waals surface area (Å²) < 4.78 is 0. The summed E-state index contributed by atoms with van der Waals surface area (Å²) in [6.07, 6.45) is 1.67. The van der Waals surface area contributed by atoms with E-state index in [1.165, 1.54) is 0 Å². The molecule has 2 aromatic carbocycles. The van der Waals surface area contributed by atoms with Crippen LogP contribution in [0.4, 0.5) is 0 Å². The normalized spacial score (nSPS) is 16.3. The number of amides is 2. The number of hydrogen-bond acceptors (Lipinski definition) is 4.